The summed E-state index contributed by atoms with van der Waals surface area (Å²) in [5, 5.41) is 23.3. The van der Waals surface area contributed by atoms with Gasteiger partial charge in [-0.2, -0.15) is 4.80 Å². The summed E-state index contributed by atoms with van der Waals surface area (Å²) in [6.07, 6.45) is -0.239. The second-order valence-corrected chi connectivity index (χ2v) is 7.55. The monoisotopic (exact) mass is 474 g/mol. The molecule has 1 aliphatic heterocycles. The van der Waals surface area contributed by atoms with E-state index in [0.717, 1.165) is 16.8 Å². The van der Waals surface area contributed by atoms with Gasteiger partial charge >= 0.3 is 18.0 Å². The molecule has 1 amide bonds. The Morgan fingerprint density at radius 2 is 1.97 bits per heavy atom. The number of anilines is 1. The first kappa shape index (κ1) is 24.6. The molecule has 0 aliphatic carbocycles. The van der Waals surface area contributed by atoms with Crippen LogP contribution in [0.15, 0.2) is 30.3 Å². The summed E-state index contributed by atoms with van der Waals surface area (Å²) < 4.78 is 10.1. The van der Waals surface area contributed by atoms with E-state index in [1.165, 1.54) is 0 Å². The third-order valence-electron chi connectivity index (χ3n) is 5.08. The lowest BCUT2D eigenvalue weighted by Crippen LogP contribution is -2.44. The summed E-state index contributed by atoms with van der Waals surface area (Å²) in [6.45, 7) is 2.04. The van der Waals surface area contributed by atoms with Gasteiger partial charge in [0.2, 0.25) is 0 Å². The molecule has 13 heteroatoms. The van der Waals surface area contributed by atoms with Crippen LogP contribution in [0, 0.1) is 0 Å². The van der Waals surface area contributed by atoms with Crippen LogP contribution in [0.3, 0.4) is 0 Å². The predicted molar refractivity (Wildman–Crippen MR) is 116 cm³/mol. The minimum absolute atomic E-state index is 0.0356. The Morgan fingerprint density at radius 1 is 1.21 bits per heavy atom. The molecule has 1 fully saturated rings. The minimum Gasteiger partial charge on any atom is -0.481 e. The van der Waals surface area contributed by atoms with Crippen molar-refractivity contribution >= 4 is 29.8 Å². The summed E-state index contributed by atoms with van der Waals surface area (Å²) in [4.78, 5) is 50.8. The topological polar surface area (TPSA) is 166 Å². The third kappa shape index (κ3) is 6.73. The molecule has 1 saturated heterocycles. The van der Waals surface area contributed by atoms with E-state index < -0.39 is 42.9 Å². The SMILES string of the molecule is CCOC(=O)[C@H]1CCCN1c1nnn(CC(=O)C(CC(=O)O)NC(=O)OCc2ccccc2)n1. The van der Waals surface area contributed by atoms with Gasteiger partial charge in [-0.25, -0.2) is 9.59 Å². The van der Waals surface area contributed by atoms with E-state index in [-0.39, 0.29) is 25.1 Å². The normalized spacial score (nSPS) is 16.0. The molecule has 2 N–H and O–H groups in total. The molecule has 13 nitrogen and oxygen atoms in total. The maximum absolute atomic E-state index is 12.7. The van der Waals surface area contributed by atoms with Gasteiger partial charge in [0, 0.05) is 6.54 Å². The van der Waals surface area contributed by atoms with Crippen LogP contribution in [0.25, 0.3) is 0 Å². The Kier molecular flexibility index (Phi) is 8.48. The number of tetrazole rings is 1. The molecule has 1 aliphatic rings. The van der Waals surface area contributed by atoms with E-state index in [9.17, 15) is 19.2 Å². The number of benzene rings is 1. The van der Waals surface area contributed by atoms with Crippen molar-refractivity contribution in [1.29, 1.82) is 0 Å². The molecule has 2 heterocycles. The molecule has 2 aromatic rings. The molecule has 1 unspecified atom stereocenters. The Morgan fingerprint density at radius 3 is 2.68 bits per heavy atom. The number of carbonyl (C=O) groups excluding carboxylic acids is 3. The van der Waals surface area contributed by atoms with Gasteiger partial charge in [-0.15, -0.1) is 5.10 Å². The number of carboxylic acid groups (broad SMARTS) is 1. The van der Waals surface area contributed by atoms with Crippen molar-refractivity contribution < 1.29 is 33.8 Å². The number of aromatic nitrogens is 4. The Labute approximate surface area is 195 Å². The van der Waals surface area contributed by atoms with E-state index in [0.29, 0.717) is 13.0 Å². The van der Waals surface area contributed by atoms with Crippen molar-refractivity contribution in [2.24, 2.45) is 0 Å². The molecule has 182 valence electrons. The van der Waals surface area contributed by atoms with E-state index in [1.807, 2.05) is 6.07 Å². The number of ether oxygens (including phenoxy) is 2. The molecule has 3 rings (SSSR count). The molecular formula is C21H26N6O7. The summed E-state index contributed by atoms with van der Waals surface area (Å²) in [5.74, 6) is -2.14. The summed E-state index contributed by atoms with van der Waals surface area (Å²) in [6, 6.07) is 7.01. The fourth-order valence-corrected chi connectivity index (χ4v) is 3.48. The highest BCUT2D eigenvalue weighted by Crippen LogP contribution is 2.22. The summed E-state index contributed by atoms with van der Waals surface area (Å²) in [5.41, 5.74) is 0.737. The number of nitrogens with zero attached hydrogens (tertiary/aromatic N) is 5. The van der Waals surface area contributed by atoms with Gasteiger partial charge < -0.3 is 24.8 Å². The number of carbonyl (C=O) groups is 4. The lowest BCUT2D eigenvalue weighted by atomic mass is 10.1. The van der Waals surface area contributed by atoms with Crippen molar-refractivity contribution in [2.75, 3.05) is 18.1 Å². The number of aliphatic carboxylic acids is 1. The molecular weight excluding hydrogens is 448 g/mol. The fraction of sp³-hybridized carbons (Fsp3) is 0.476. The predicted octanol–water partition coefficient (Wildman–Crippen LogP) is 0.544. The Balaban J connectivity index is 1.60. The number of hydrogen-bond acceptors (Lipinski definition) is 10. The quantitative estimate of drug-likeness (QED) is 0.436. The van der Waals surface area contributed by atoms with Crippen LogP contribution < -0.4 is 10.2 Å². The van der Waals surface area contributed by atoms with Crippen molar-refractivity contribution in [2.45, 2.75) is 51.4 Å². The molecule has 34 heavy (non-hydrogen) atoms. The lowest BCUT2D eigenvalue weighted by molar-refractivity contribution is -0.144. The highest BCUT2D eigenvalue weighted by Gasteiger charge is 2.34. The summed E-state index contributed by atoms with van der Waals surface area (Å²) >= 11 is 0. The zero-order valence-electron chi connectivity index (χ0n) is 18.6. The number of rotatable bonds is 11. The molecule has 0 spiro atoms. The standard InChI is InChI=1S/C21H26N6O7/c1-2-33-19(31)16-9-6-10-26(16)20-23-25-27(24-20)12-17(28)15(11-18(29)30)22-21(32)34-13-14-7-4-3-5-8-14/h3-5,7-8,15-16H,2,6,9-13H2,1H3,(H,22,32)(H,29,30)/t15?,16-/m1/s1. The van der Waals surface area contributed by atoms with Crippen LogP contribution in [0.4, 0.5) is 10.7 Å². The van der Waals surface area contributed by atoms with Crippen LogP contribution in [0.1, 0.15) is 31.7 Å². The van der Waals surface area contributed by atoms with Crippen LogP contribution in [0.2, 0.25) is 0 Å². The van der Waals surface area contributed by atoms with Crippen molar-refractivity contribution in [3.63, 3.8) is 0 Å². The molecule has 0 saturated carbocycles. The Bertz CT molecular complexity index is 1010. The van der Waals surface area contributed by atoms with Gasteiger partial charge in [-0.3, -0.25) is 9.59 Å². The fourth-order valence-electron chi connectivity index (χ4n) is 3.48. The molecule has 0 radical (unpaired) electrons. The first-order valence-electron chi connectivity index (χ1n) is 10.8. The van der Waals surface area contributed by atoms with Gasteiger partial charge in [0.05, 0.1) is 13.0 Å². The van der Waals surface area contributed by atoms with Crippen LogP contribution in [-0.4, -0.2) is 74.4 Å². The number of Topliss-reactive ketones (excluding diaryl/α,β-unsaturated/α-hetero) is 1. The molecule has 1 aromatic carbocycles. The van der Waals surface area contributed by atoms with Gasteiger partial charge in [0.25, 0.3) is 5.95 Å². The highest BCUT2D eigenvalue weighted by molar-refractivity contribution is 5.90. The van der Waals surface area contributed by atoms with Crippen molar-refractivity contribution in [3.05, 3.63) is 35.9 Å². The van der Waals surface area contributed by atoms with E-state index in [1.54, 1.807) is 36.1 Å². The van der Waals surface area contributed by atoms with Crippen LogP contribution in [-0.2, 0) is 37.0 Å². The average Bonchev–Trinajstić information content (AvgIpc) is 3.47. The zero-order valence-corrected chi connectivity index (χ0v) is 18.6. The second kappa shape index (κ2) is 11.7. The minimum atomic E-state index is -1.35. The first-order valence-corrected chi connectivity index (χ1v) is 10.8. The average molecular weight is 474 g/mol. The number of carboxylic acids is 1. The van der Waals surface area contributed by atoms with Gasteiger partial charge in [0.15, 0.2) is 5.78 Å². The van der Waals surface area contributed by atoms with Gasteiger partial charge in [-0.1, -0.05) is 35.4 Å². The number of amides is 1. The molecule has 2 atom stereocenters. The number of esters is 1. The molecule has 0 bridgehead atoms. The third-order valence-corrected chi connectivity index (χ3v) is 5.08. The number of hydrogen-bond donors (Lipinski definition) is 2. The van der Waals surface area contributed by atoms with E-state index in [2.05, 4.69) is 20.7 Å². The van der Waals surface area contributed by atoms with Gasteiger partial charge in [-0.05, 0) is 30.5 Å². The first-order chi connectivity index (χ1) is 16.4. The maximum atomic E-state index is 12.7. The largest absolute Gasteiger partial charge is 0.481 e. The van der Waals surface area contributed by atoms with Crippen LogP contribution in [0.5, 0.6) is 0 Å². The van der Waals surface area contributed by atoms with E-state index >= 15 is 0 Å². The van der Waals surface area contributed by atoms with Gasteiger partial charge in [0.1, 0.15) is 25.2 Å². The second-order valence-electron chi connectivity index (χ2n) is 7.55. The van der Waals surface area contributed by atoms with Crippen molar-refractivity contribution in [1.82, 2.24) is 25.5 Å². The van der Waals surface area contributed by atoms with E-state index in [4.69, 9.17) is 14.6 Å². The Hall–Kier alpha value is -4.03. The highest BCUT2D eigenvalue weighted by atomic mass is 16.5. The molecule has 1 aromatic heterocycles. The number of nitrogens with one attached hydrogen (secondary N) is 1. The number of ketones is 1. The van der Waals surface area contributed by atoms with Crippen molar-refractivity contribution in [3.8, 4) is 0 Å². The number of alkyl carbamates (subject to hydrolysis) is 1. The van der Waals surface area contributed by atoms with Crippen LogP contribution >= 0.6 is 0 Å². The zero-order chi connectivity index (χ0) is 24.5. The lowest BCUT2D eigenvalue weighted by Gasteiger charge is -2.20. The smallest absolute Gasteiger partial charge is 0.408 e. The summed E-state index contributed by atoms with van der Waals surface area (Å²) in [7, 11) is 0. The maximum Gasteiger partial charge on any atom is 0.408 e.